The van der Waals surface area contributed by atoms with E-state index in [1.807, 2.05) is 0 Å². The second-order valence-electron chi connectivity index (χ2n) is 11.8. The van der Waals surface area contributed by atoms with Gasteiger partial charge in [0.2, 0.25) is 6.79 Å². The highest BCUT2D eigenvalue weighted by atomic mass is 31.2. The number of rotatable bonds is 8. The van der Waals surface area contributed by atoms with Gasteiger partial charge in [0.15, 0.2) is 11.5 Å². The zero-order chi connectivity index (χ0) is 25.3. The van der Waals surface area contributed by atoms with Gasteiger partial charge in [-0.15, -0.1) is 0 Å². The fourth-order valence-corrected chi connectivity index (χ4v) is 8.03. The molecule has 6 nitrogen and oxygen atoms in total. The van der Waals surface area contributed by atoms with Crippen LogP contribution in [0.3, 0.4) is 0 Å². The molecule has 7 heteroatoms. The highest BCUT2D eigenvalue weighted by Crippen LogP contribution is 2.58. The molecule has 35 heavy (non-hydrogen) atoms. The molecule has 0 unspecified atom stereocenters. The molecule has 0 spiro atoms. The van der Waals surface area contributed by atoms with Crippen LogP contribution in [0, 0.1) is 35.5 Å². The van der Waals surface area contributed by atoms with Gasteiger partial charge >= 0.3 is 7.60 Å². The maximum Gasteiger partial charge on any atom is 0.402 e. The molecule has 0 radical (unpaired) electrons. The molecule has 196 valence electrons. The predicted octanol–water partition coefficient (Wildman–Crippen LogP) is 7.70. The molecule has 2 aliphatic carbocycles. The quantitative estimate of drug-likeness (QED) is 0.336. The molecular weight excluding hydrogens is 463 g/mol. The van der Waals surface area contributed by atoms with E-state index in [2.05, 4.69) is 41.5 Å². The van der Waals surface area contributed by atoms with Crippen LogP contribution >= 0.6 is 7.60 Å². The van der Waals surface area contributed by atoms with Crippen molar-refractivity contribution in [3.05, 3.63) is 23.8 Å². The fraction of sp³-hybridized carbons (Fsp3) is 0.750. The lowest BCUT2D eigenvalue weighted by molar-refractivity contribution is -0.00303. The van der Waals surface area contributed by atoms with Crippen molar-refractivity contribution >= 4 is 13.1 Å². The highest BCUT2D eigenvalue weighted by Gasteiger charge is 2.46. The second-order valence-corrected chi connectivity index (χ2v) is 13.6. The summed E-state index contributed by atoms with van der Waals surface area (Å²) in [5.41, 5.74) is -0.287. The third-order valence-electron chi connectivity index (χ3n) is 8.34. The van der Waals surface area contributed by atoms with Crippen molar-refractivity contribution in [2.24, 2.45) is 35.5 Å². The van der Waals surface area contributed by atoms with Gasteiger partial charge in [-0.1, -0.05) is 54.4 Å². The van der Waals surface area contributed by atoms with Crippen molar-refractivity contribution in [3.63, 3.8) is 0 Å². The molecule has 2 saturated carbocycles. The maximum absolute atomic E-state index is 14.6. The zero-order valence-electron chi connectivity index (χ0n) is 22.2. The van der Waals surface area contributed by atoms with E-state index in [1.54, 1.807) is 18.2 Å². The predicted molar refractivity (Wildman–Crippen MR) is 137 cm³/mol. The van der Waals surface area contributed by atoms with Crippen molar-refractivity contribution in [2.45, 2.75) is 92.3 Å². The minimum atomic E-state index is -4.14. The molecule has 2 fully saturated rings. The SMILES string of the molecule is CC(C)[C@@H]1CC[C@@H](C)C[C@H]1OP(=O)(O[C@@H]1C[C@H](C)CC[C@H]1C(C)C)C(=O)c1ccc2c(c1)OCO2. The number of benzene rings is 1. The highest BCUT2D eigenvalue weighted by molar-refractivity contribution is 7.72. The van der Waals surface area contributed by atoms with Crippen LogP contribution in [0.5, 0.6) is 11.5 Å². The largest absolute Gasteiger partial charge is 0.454 e. The van der Waals surface area contributed by atoms with Gasteiger partial charge in [-0.05, 0) is 79.4 Å². The van der Waals surface area contributed by atoms with Crippen LogP contribution < -0.4 is 9.47 Å². The molecule has 3 aliphatic rings. The summed E-state index contributed by atoms with van der Waals surface area (Å²) < 4.78 is 38.4. The Bertz CT molecular complexity index is 905. The topological polar surface area (TPSA) is 71.1 Å². The molecule has 1 aliphatic heterocycles. The molecule has 0 bridgehead atoms. The van der Waals surface area contributed by atoms with E-state index in [9.17, 15) is 9.36 Å². The van der Waals surface area contributed by atoms with Crippen molar-refractivity contribution < 1.29 is 27.9 Å². The number of ether oxygens (including phenoxy) is 2. The molecule has 1 heterocycles. The Labute approximate surface area is 211 Å². The summed E-state index contributed by atoms with van der Waals surface area (Å²) in [5.74, 6) is 3.24. The van der Waals surface area contributed by atoms with E-state index in [0.29, 0.717) is 35.2 Å². The standard InChI is InChI=1S/C28H43O6P/c1-17(2)22-10-7-19(5)13-25(22)33-35(30,34-26-14-20(6)8-11-23(26)18(3)4)28(29)21-9-12-24-27(15-21)32-16-31-24/h9,12,15,17-20,22-23,25-26H,7-8,10-11,13-14,16H2,1-6H3/t19-,20-,22+,23+,25-,26-/m1/s1. The average Bonchev–Trinajstić information content (AvgIpc) is 3.26. The van der Waals surface area contributed by atoms with E-state index >= 15 is 0 Å². The van der Waals surface area contributed by atoms with Crippen LogP contribution in [0.4, 0.5) is 0 Å². The van der Waals surface area contributed by atoms with Gasteiger partial charge < -0.3 is 9.47 Å². The molecule has 0 N–H and O–H groups in total. The molecule has 0 amide bonds. The Morgan fingerprint density at radius 1 is 0.857 bits per heavy atom. The number of carbonyl (C=O) groups is 1. The Kier molecular flexibility index (Phi) is 8.35. The summed E-state index contributed by atoms with van der Waals surface area (Å²) in [4.78, 5) is 13.9. The number of carbonyl (C=O) groups excluding carboxylic acids is 1. The summed E-state index contributed by atoms with van der Waals surface area (Å²) in [5, 5.41) is 0. The summed E-state index contributed by atoms with van der Waals surface area (Å²) >= 11 is 0. The van der Waals surface area contributed by atoms with Crippen LogP contribution in [-0.4, -0.2) is 24.5 Å². The van der Waals surface area contributed by atoms with Gasteiger partial charge in [0, 0.05) is 5.56 Å². The Hall–Kier alpha value is -1.36. The van der Waals surface area contributed by atoms with E-state index in [1.165, 1.54) is 0 Å². The lowest BCUT2D eigenvalue weighted by atomic mass is 9.75. The molecule has 0 aromatic heterocycles. The lowest BCUT2D eigenvalue weighted by Gasteiger charge is -2.41. The van der Waals surface area contributed by atoms with E-state index in [4.69, 9.17) is 18.5 Å². The van der Waals surface area contributed by atoms with E-state index in [-0.39, 0.29) is 36.4 Å². The first-order valence-corrected chi connectivity index (χ1v) is 15.0. The molecule has 4 rings (SSSR count). The number of hydrogen-bond acceptors (Lipinski definition) is 6. The van der Waals surface area contributed by atoms with Gasteiger partial charge in [0.05, 0.1) is 12.2 Å². The third kappa shape index (κ3) is 5.97. The van der Waals surface area contributed by atoms with Crippen LogP contribution in [0.1, 0.15) is 90.4 Å². The third-order valence-corrected chi connectivity index (χ3v) is 10.2. The lowest BCUT2D eigenvalue weighted by Crippen LogP contribution is -2.37. The average molecular weight is 507 g/mol. The molecular formula is C28H43O6P. The normalized spacial score (nSPS) is 31.2. The summed E-state index contributed by atoms with van der Waals surface area (Å²) in [6, 6.07) is 4.94. The minimum Gasteiger partial charge on any atom is -0.454 e. The van der Waals surface area contributed by atoms with Crippen molar-refractivity contribution in [1.82, 2.24) is 0 Å². The maximum atomic E-state index is 14.6. The summed E-state index contributed by atoms with van der Waals surface area (Å²) in [7, 11) is -4.14. The molecule has 0 saturated heterocycles. The van der Waals surface area contributed by atoms with E-state index in [0.717, 1.165) is 38.5 Å². The molecule has 1 aromatic carbocycles. The first-order valence-electron chi connectivity index (χ1n) is 13.5. The Morgan fingerprint density at radius 3 is 1.89 bits per heavy atom. The number of fused-ring (bicyclic) bond motifs is 1. The first kappa shape index (κ1) is 26.7. The fourth-order valence-electron chi connectivity index (χ4n) is 6.14. The van der Waals surface area contributed by atoms with Crippen LogP contribution in [0.2, 0.25) is 0 Å². The van der Waals surface area contributed by atoms with Crippen molar-refractivity contribution in [2.75, 3.05) is 6.79 Å². The van der Waals surface area contributed by atoms with Crippen LogP contribution in [0.25, 0.3) is 0 Å². The van der Waals surface area contributed by atoms with Gasteiger partial charge in [-0.25, -0.2) is 0 Å². The van der Waals surface area contributed by atoms with E-state index < -0.39 is 13.1 Å². The monoisotopic (exact) mass is 506 g/mol. The van der Waals surface area contributed by atoms with Crippen LogP contribution in [0.15, 0.2) is 18.2 Å². The summed E-state index contributed by atoms with van der Waals surface area (Å²) in [6.07, 6.45) is 5.33. The minimum absolute atomic E-state index is 0.115. The van der Waals surface area contributed by atoms with Gasteiger partial charge in [-0.2, -0.15) is 0 Å². The molecule has 1 aromatic rings. The molecule has 6 atom stereocenters. The van der Waals surface area contributed by atoms with Gasteiger partial charge in [-0.3, -0.25) is 18.4 Å². The zero-order valence-corrected chi connectivity index (χ0v) is 23.1. The first-order chi connectivity index (χ1) is 16.6. The second kappa shape index (κ2) is 10.9. The Balaban J connectivity index is 1.67. The number of hydrogen-bond donors (Lipinski definition) is 0. The van der Waals surface area contributed by atoms with Crippen molar-refractivity contribution in [1.29, 1.82) is 0 Å². The van der Waals surface area contributed by atoms with Gasteiger partial charge in [0.25, 0.3) is 5.52 Å². The van der Waals surface area contributed by atoms with Crippen LogP contribution in [-0.2, 0) is 13.6 Å². The smallest absolute Gasteiger partial charge is 0.402 e. The van der Waals surface area contributed by atoms with Gasteiger partial charge in [0.1, 0.15) is 0 Å². The summed E-state index contributed by atoms with van der Waals surface area (Å²) in [6.45, 7) is 13.2. The Morgan fingerprint density at radius 2 is 1.37 bits per heavy atom. The van der Waals surface area contributed by atoms with Crippen molar-refractivity contribution in [3.8, 4) is 11.5 Å².